The molecule has 0 saturated carbocycles. The summed E-state index contributed by atoms with van der Waals surface area (Å²) in [6.45, 7) is 0. The molecular formula is C18H11Cl4NO3S. The highest BCUT2D eigenvalue weighted by Crippen LogP contribution is 2.32. The predicted molar refractivity (Wildman–Crippen MR) is 110 cm³/mol. The summed E-state index contributed by atoms with van der Waals surface area (Å²) in [6, 6.07) is 15.3. The Bertz CT molecular complexity index is 1090. The molecule has 0 heterocycles. The number of benzene rings is 3. The van der Waals surface area contributed by atoms with Crippen molar-refractivity contribution in [2.75, 3.05) is 4.72 Å². The van der Waals surface area contributed by atoms with E-state index < -0.39 is 10.0 Å². The zero-order chi connectivity index (χ0) is 19.6. The van der Waals surface area contributed by atoms with Crippen LogP contribution in [0, 0.1) is 0 Å². The van der Waals surface area contributed by atoms with Gasteiger partial charge in [0.15, 0.2) is 0 Å². The molecule has 0 aliphatic carbocycles. The molecule has 0 bridgehead atoms. The lowest BCUT2D eigenvalue weighted by molar-refractivity contribution is 0.483. The maximum Gasteiger partial charge on any atom is 0.263 e. The van der Waals surface area contributed by atoms with E-state index in [9.17, 15) is 8.42 Å². The first-order chi connectivity index (χ1) is 12.7. The molecule has 0 amide bonds. The molecule has 0 saturated heterocycles. The van der Waals surface area contributed by atoms with Crippen LogP contribution in [0.3, 0.4) is 0 Å². The fourth-order valence-corrected chi connectivity index (χ4v) is 4.46. The molecule has 0 fully saturated rings. The van der Waals surface area contributed by atoms with E-state index in [1.807, 2.05) is 0 Å². The largest absolute Gasteiger partial charge is 0.456 e. The van der Waals surface area contributed by atoms with Gasteiger partial charge in [0.1, 0.15) is 16.4 Å². The van der Waals surface area contributed by atoms with E-state index >= 15 is 0 Å². The quantitative estimate of drug-likeness (QED) is 0.448. The fourth-order valence-electron chi connectivity index (χ4n) is 2.18. The Morgan fingerprint density at radius 1 is 0.741 bits per heavy atom. The molecule has 0 unspecified atom stereocenters. The number of sulfonamides is 1. The topological polar surface area (TPSA) is 55.4 Å². The van der Waals surface area contributed by atoms with Crippen LogP contribution in [-0.2, 0) is 10.0 Å². The molecule has 140 valence electrons. The second-order valence-corrected chi connectivity index (χ2v) is 8.72. The van der Waals surface area contributed by atoms with Crippen molar-refractivity contribution >= 4 is 62.1 Å². The van der Waals surface area contributed by atoms with Gasteiger partial charge in [-0.2, -0.15) is 0 Å². The molecule has 0 aromatic heterocycles. The van der Waals surface area contributed by atoms with Crippen molar-refractivity contribution < 1.29 is 13.2 Å². The van der Waals surface area contributed by atoms with E-state index in [4.69, 9.17) is 51.1 Å². The predicted octanol–water partition coefficient (Wildman–Crippen LogP) is 6.89. The first kappa shape index (κ1) is 20.1. The number of ether oxygens (including phenoxy) is 1. The lowest BCUT2D eigenvalue weighted by Crippen LogP contribution is -2.13. The van der Waals surface area contributed by atoms with E-state index in [1.54, 1.807) is 42.5 Å². The highest BCUT2D eigenvalue weighted by atomic mass is 35.5. The van der Waals surface area contributed by atoms with Crippen molar-refractivity contribution in [2.45, 2.75) is 4.90 Å². The van der Waals surface area contributed by atoms with E-state index in [0.717, 1.165) is 0 Å². The molecule has 3 aromatic carbocycles. The van der Waals surface area contributed by atoms with Crippen molar-refractivity contribution in [3.8, 4) is 11.5 Å². The molecule has 3 aromatic rings. The number of halogens is 4. The average Bonchev–Trinajstić information content (AvgIpc) is 2.58. The van der Waals surface area contributed by atoms with Crippen LogP contribution in [0.2, 0.25) is 20.1 Å². The Morgan fingerprint density at radius 3 is 1.93 bits per heavy atom. The Morgan fingerprint density at radius 2 is 1.33 bits per heavy atom. The molecule has 3 rings (SSSR count). The third-order valence-corrected chi connectivity index (χ3v) is 6.04. The van der Waals surface area contributed by atoms with Gasteiger partial charge in [0, 0.05) is 15.7 Å². The molecule has 0 radical (unpaired) electrons. The van der Waals surface area contributed by atoms with Gasteiger partial charge in [-0.1, -0.05) is 46.4 Å². The summed E-state index contributed by atoms with van der Waals surface area (Å²) in [7, 11) is -3.86. The van der Waals surface area contributed by atoms with Crippen LogP contribution in [0.1, 0.15) is 0 Å². The van der Waals surface area contributed by atoms with Crippen LogP contribution < -0.4 is 9.46 Å². The van der Waals surface area contributed by atoms with Gasteiger partial charge in [-0.05, 0) is 60.7 Å². The Hall–Kier alpha value is -1.63. The van der Waals surface area contributed by atoms with E-state index in [2.05, 4.69) is 4.72 Å². The Labute approximate surface area is 176 Å². The number of rotatable bonds is 5. The molecule has 1 N–H and O–H groups in total. The smallest absolute Gasteiger partial charge is 0.263 e. The van der Waals surface area contributed by atoms with Gasteiger partial charge in [-0.3, -0.25) is 4.72 Å². The molecule has 4 nitrogen and oxygen atoms in total. The van der Waals surface area contributed by atoms with Crippen molar-refractivity contribution in [2.24, 2.45) is 0 Å². The molecule has 0 atom stereocenters. The van der Waals surface area contributed by atoms with Gasteiger partial charge in [-0.25, -0.2) is 8.42 Å². The number of hydrogen-bond acceptors (Lipinski definition) is 3. The summed E-state index contributed by atoms with van der Waals surface area (Å²) in [6.07, 6.45) is 0. The van der Waals surface area contributed by atoms with Gasteiger partial charge in [0.2, 0.25) is 0 Å². The molecule has 0 aliphatic rings. The van der Waals surface area contributed by atoms with Crippen LogP contribution in [0.25, 0.3) is 0 Å². The van der Waals surface area contributed by atoms with E-state index in [-0.39, 0.29) is 9.92 Å². The first-order valence-electron chi connectivity index (χ1n) is 7.45. The van der Waals surface area contributed by atoms with Crippen LogP contribution in [0.4, 0.5) is 5.69 Å². The summed E-state index contributed by atoms with van der Waals surface area (Å²) >= 11 is 23.7. The lowest BCUT2D eigenvalue weighted by Gasteiger charge is -2.11. The van der Waals surface area contributed by atoms with Crippen molar-refractivity contribution in [3.63, 3.8) is 0 Å². The third-order valence-electron chi connectivity index (χ3n) is 3.41. The second kappa shape index (κ2) is 8.17. The van der Waals surface area contributed by atoms with Crippen molar-refractivity contribution in [1.82, 2.24) is 0 Å². The van der Waals surface area contributed by atoms with Crippen molar-refractivity contribution in [1.29, 1.82) is 0 Å². The summed E-state index contributed by atoms with van der Waals surface area (Å²) in [5.41, 5.74) is 0.343. The summed E-state index contributed by atoms with van der Waals surface area (Å²) in [4.78, 5) is -0.0677. The van der Waals surface area contributed by atoms with Crippen LogP contribution in [0.5, 0.6) is 11.5 Å². The van der Waals surface area contributed by atoms with Crippen LogP contribution >= 0.6 is 46.4 Å². The van der Waals surface area contributed by atoms with Gasteiger partial charge in [-0.15, -0.1) is 0 Å². The van der Waals surface area contributed by atoms with Gasteiger partial charge >= 0.3 is 0 Å². The number of anilines is 1. The number of nitrogens with one attached hydrogen (secondary N) is 1. The minimum absolute atomic E-state index is 0.0346. The van der Waals surface area contributed by atoms with Crippen LogP contribution in [0.15, 0.2) is 65.6 Å². The van der Waals surface area contributed by atoms with E-state index in [0.29, 0.717) is 32.3 Å². The van der Waals surface area contributed by atoms with Gasteiger partial charge in [0.05, 0.1) is 10.0 Å². The van der Waals surface area contributed by atoms with Crippen LogP contribution in [-0.4, -0.2) is 8.42 Å². The third kappa shape index (κ3) is 5.00. The fraction of sp³-hybridized carbons (Fsp3) is 0. The summed E-state index contributed by atoms with van der Waals surface area (Å²) in [5, 5.41) is 1.25. The minimum atomic E-state index is -3.86. The lowest BCUT2D eigenvalue weighted by atomic mass is 10.3. The Kier molecular flexibility index (Phi) is 6.08. The standard InChI is InChI=1S/C18H11Cl4NO3S/c19-11-1-7-17(15(21)9-11)26-14-5-3-13(4-6-14)23-27(24,25)18-8-2-12(20)10-16(18)22/h1-10,23H. The molecule has 27 heavy (non-hydrogen) atoms. The molecule has 0 spiro atoms. The maximum atomic E-state index is 12.5. The highest BCUT2D eigenvalue weighted by molar-refractivity contribution is 7.92. The maximum absolute atomic E-state index is 12.5. The molecule has 9 heteroatoms. The van der Waals surface area contributed by atoms with Gasteiger partial charge in [0.25, 0.3) is 10.0 Å². The second-order valence-electron chi connectivity index (χ2n) is 5.38. The zero-order valence-electron chi connectivity index (χ0n) is 13.4. The van der Waals surface area contributed by atoms with Crippen molar-refractivity contribution in [3.05, 3.63) is 80.8 Å². The number of hydrogen-bond donors (Lipinski definition) is 1. The first-order valence-corrected chi connectivity index (χ1v) is 10.4. The normalized spacial score (nSPS) is 11.3. The minimum Gasteiger partial charge on any atom is -0.456 e. The van der Waals surface area contributed by atoms with E-state index in [1.165, 1.54) is 18.2 Å². The summed E-state index contributed by atoms with van der Waals surface area (Å²) < 4.78 is 33.1. The highest BCUT2D eigenvalue weighted by Gasteiger charge is 2.18. The SMILES string of the molecule is O=S(=O)(Nc1ccc(Oc2ccc(Cl)cc2Cl)cc1)c1ccc(Cl)cc1Cl. The molecular weight excluding hydrogens is 452 g/mol. The zero-order valence-corrected chi connectivity index (χ0v) is 17.3. The summed E-state index contributed by atoms with van der Waals surface area (Å²) in [5.74, 6) is 0.911. The Balaban J connectivity index is 1.77. The van der Waals surface area contributed by atoms with Gasteiger partial charge < -0.3 is 4.74 Å². The monoisotopic (exact) mass is 461 g/mol. The average molecular weight is 463 g/mol. The molecule has 0 aliphatic heterocycles.